The van der Waals surface area contributed by atoms with Crippen LogP contribution in [0.15, 0.2) is 188 Å². The van der Waals surface area contributed by atoms with Crippen LogP contribution >= 0.6 is 0 Å². The minimum Gasteiger partial charge on any atom is -0.310 e. The minimum absolute atomic E-state index is 0.144. The molecule has 8 aromatic carbocycles. The molecule has 0 N–H and O–H groups in total. The van der Waals surface area contributed by atoms with Crippen molar-refractivity contribution in [1.29, 1.82) is 0 Å². The lowest BCUT2D eigenvalue weighted by Gasteiger charge is -2.30. The Morgan fingerprint density at radius 1 is 0.400 bits per heavy atom. The zero-order chi connectivity index (χ0) is 33.7. The fraction of sp³-hybridized carbons (Fsp3) is 0.0612. The van der Waals surface area contributed by atoms with Gasteiger partial charge >= 0.3 is 0 Å². The van der Waals surface area contributed by atoms with Gasteiger partial charge in [-0.3, -0.25) is 0 Å². The highest BCUT2D eigenvalue weighted by atomic mass is 15.1. The van der Waals surface area contributed by atoms with Crippen molar-refractivity contribution in [2.45, 2.75) is 19.3 Å². The number of fused-ring (bicyclic) bond motifs is 5. The molecular weight excluding hydrogens is 603 g/mol. The number of hydrogen-bond acceptors (Lipinski definition) is 1. The van der Waals surface area contributed by atoms with Gasteiger partial charge in [0, 0.05) is 22.4 Å². The van der Waals surface area contributed by atoms with Gasteiger partial charge in [0.05, 0.1) is 5.69 Å². The maximum Gasteiger partial charge on any atom is 0.0549 e. The molecule has 9 rings (SSSR count). The summed E-state index contributed by atoms with van der Waals surface area (Å²) in [5.41, 5.74) is 16.0. The average molecular weight is 640 g/mol. The SMILES string of the molecule is CC1(C)c2ccccc2-c2c(N(c3ccc(-c4ccc(-c5ccccc5)cc4)cc3)c3cccc(-c4ccccc4)c3)cc3ccccc3c21. The van der Waals surface area contributed by atoms with Gasteiger partial charge in [-0.05, 0) is 91.2 Å². The van der Waals surface area contributed by atoms with Gasteiger partial charge in [0.1, 0.15) is 0 Å². The van der Waals surface area contributed by atoms with Crippen molar-refractivity contribution in [2.24, 2.45) is 0 Å². The Kier molecular flexibility index (Phi) is 7.21. The largest absolute Gasteiger partial charge is 0.310 e. The highest BCUT2D eigenvalue weighted by Gasteiger charge is 2.39. The van der Waals surface area contributed by atoms with Crippen LogP contribution in [0.25, 0.3) is 55.3 Å². The molecule has 0 heterocycles. The first kappa shape index (κ1) is 29.9. The van der Waals surface area contributed by atoms with Crippen LogP contribution < -0.4 is 4.90 Å². The molecule has 50 heavy (non-hydrogen) atoms. The van der Waals surface area contributed by atoms with Crippen LogP contribution in [0.4, 0.5) is 17.1 Å². The van der Waals surface area contributed by atoms with E-state index >= 15 is 0 Å². The van der Waals surface area contributed by atoms with E-state index < -0.39 is 0 Å². The van der Waals surface area contributed by atoms with E-state index in [1.807, 2.05) is 0 Å². The fourth-order valence-electron chi connectivity index (χ4n) is 7.98. The van der Waals surface area contributed by atoms with E-state index in [2.05, 4.69) is 207 Å². The van der Waals surface area contributed by atoms with Gasteiger partial charge in [-0.1, -0.05) is 172 Å². The highest BCUT2D eigenvalue weighted by Crippen LogP contribution is 2.56. The molecule has 0 amide bonds. The van der Waals surface area contributed by atoms with E-state index in [1.54, 1.807) is 0 Å². The van der Waals surface area contributed by atoms with Gasteiger partial charge in [-0.2, -0.15) is 0 Å². The quantitative estimate of drug-likeness (QED) is 0.175. The molecule has 1 heteroatoms. The summed E-state index contributed by atoms with van der Waals surface area (Å²) < 4.78 is 0. The number of rotatable bonds is 6. The Labute approximate surface area is 294 Å². The maximum atomic E-state index is 2.47. The summed E-state index contributed by atoms with van der Waals surface area (Å²) in [7, 11) is 0. The molecule has 0 unspecified atom stereocenters. The van der Waals surface area contributed by atoms with Crippen LogP contribution in [-0.4, -0.2) is 0 Å². The summed E-state index contributed by atoms with van der Waals surface area (Å²) in [6.07, 6.45) is 0. The third-order valence-electron chi connectivity index (χ3n) is 10.4. The number of hydrogen-bond donors (Lipinski definition) is 0. The molecule has 0 saturated heterocycles. The van der Waals surface area contributed by atoms with Crippen molar-refractivity contribution >= 4 is 27.8 Å². The Morgan fingerprint density at radius 2 is 0.920 bits per heavy atom. The molecule has 0 bridgehead atoms. The van der Waals surface area contributed by atoms with E-state index in [4.69, 9.17) is 0 Å². The van der Waals surface area contributed by atoms with Crippen LogP contribution in [0.3, 0.4) is 0 Å². The molecule has 1 aliphatic rings. The zero-order valence-corrected chi connectivity index (χ0v) is 28.3. The molecule has 0 aliphatic heterocycles. The van der Waals surface area contributed by atoms with Crippen LogP contribution in [0, 0.1) is 0 Å². The summed E-state index contributed by atoms with van der Waals surface area (Å²) in [6.45, 7) is 4.76. The topological polar surface area (TPSA) is 3.24 Å². The third kappa shape index (κ3) is 5.02. The van der Waals surface area contributed by atoms with Crippen molar-refractivity contribution in [3.8, 4) is 44.5 Å². The minimum atomic E-state index is -0.144. The maximum absolute atomic E-state index is 2.47. The van der Waals surface area contributed by atoms with E-state index in [1.165, 1.54) is 72.1 Å². The van der Waals surface area contributed by atoms with Crippen LogP contribution in [0.2, 0.25) is 0 Å². The van der Waals surface area contributed by atoms with E-state index in [-0.39, 0.29) is 5.41 Å². The molecule has 8 aromatic rings. The number of benzene rings is 8. The van der Waals surface area contributed by atoms with Gasteiger partial charge in [0.25, 0.3) is 0 Å². The van der Waals surface area contributed by atoms with Gasteiger partial charge < -0.3 is 4.90 Å². The second kappa shape index (κ2) is 12.1. The molecule has 0 atom stereocenters. The van der Waals surface area contributed by atoms with E-state index in [9.17, 15) is 0 Å². The van der Waals surface area contributed by atoms with Crippen LogP contribution in [0.1, 0.15) is 25.0 Å². The molecule has 238 valence electrons. The van der Waals surface area contributed by atoms with Crippen molar-refractivity contribution in [2.75, 3.05) is 4.90 Å². The third-order valence-corrected chi connectivity index (χ3v) is 10.4. The second-order valence-electron chi connectivity index (χ2n) is 13.8. The normalized spacial score (nSPS) is 12.8. The Morgan fingerprint density at radius 3 is 1.60 bits per heavy atom. The molecule has 0 fully saturated rings. The van der Waals surface area contributed by atoms with Crippen molar-refractivity contribution in [3.63, 3.8) is 0 Å². The molecule has 0 aromatic heterocycles. The lowest BCUT2D eigenvalue weighted by atomic mass is 9.80. The first-order valence-electron chi connectivity index (χ1n) is 17.4. The summed E-state index contributed by atoms with van der Waals surface area (Å²) >= 11 is 0. The van der Waals surface area contributed by atoms with Crippen molar-refractivity contribution < 1.29 is 0 Å². The molecule has 0 saturated carbocycles. The summed E-state index contributed by atoms with van der Waals surface area (Å²) in [6, 6.07) is 68.5. The van der Waals surface area contributed by atoms with Crippen LogP contribution in [-0.2, 0) is 5.41 Å². The highest BCUT2D eigenvalue weighted by molar-refractivity contribution is 6.06. The van der Waals surface area contributed by atoms with E-state index in [0.717, 1.165) is 11.4 Å². The second-order valence-corrected chi connectivity index (χ2v) is 13.8. The Balaban J connectivity index is 1.23. The predicted octanol–water partition coefficient (Wildman–Crippen LogP) is 13.6. The zero-order valence-electron chi connectivity index (χ0n) is 28.3. The summed E-state index contributed by atoms with van der Waals surface area (Å²) in [4.78, 5) is 2.47. The lowest BCUT2D eigenvalue weighted by Crippen LogP contribution is -2.17. The monoisotopic (exact) mass is 639 g/mol. The summed E-state index contributed by atoms with van der Waals surface area (Å²) in [5, 5.41) is 2.57. The fourth-order valence-corrected chi connectivity index (χ4v) is 7.98. The molecular formula is C49H37N. The lowest BCUT2D eigenvalue weighted by molar-refractivity contribution is 0.666. The van der Waals surface area contributed by atoms with Gasteiger partial charge in [-0.25, -0.2) is 0 Å². The standard InChI is InChI=1S/C49H37N/c1-49(2)45-23-12-11-22-44(45)47-46(33-40-18-9-10-21-43(40)48(47)49)50(42-20-13-19-39(32-42)35-16-7-4-8-17-35)41-30-28-38(29-31-41)37-26-24-36(25-27-37)34-14-5-3-6-15-34/h3-33H,1-2H3. The summed E-state index contributed by atoms with van der Waals surface area (Å²) in [5.74, 6) is 0. The Hall–Kier alpha value is -6.18. The molecule has 1 nitrogen and oxygen atoms in total. The molecule has 0 spiro atoms. The first-order valence-corrected chi connectivity index (χ1v) is 17.4. The van der Waals surface area contributed by atoms with Crippen LogP contribution in [0.5, 0.6) is 0 Å². The van der Waals surface area contributed by atoms with E-state index in [0.29, 0.717) is 0 Å². The average Bonchev–Trinajstić information content (AvgIpc) is 3.43. The Bertz CT molecular complexity index is 2470. The van der Waals surface area contributed by atoms with Crippen molar-refractivity contribution in [3.05, 3.63) is 199 Å². The van der Waals surface area contributed by atoms with Gasteiger partial charge in [0.2, 0.25) is 0 Å². The molecule has 1 aliphatic carbocycles. The number of nitrogens with zero attached hydrogens (tertiary/aromatic N) is 1. The smallest absolute Gasteiger partial charge is 0.0549 e. The van der Waals surface area contributed by atoms with Crippen molar-refractivity contribution in [1.82, 2.24) is 0 Å². The van der Waals surface area contributed by atoms with Gasteiger partial charge in [-0.15, -0.1) is 0 Å². The number of anilines is 3. The predicted molar refractivity (Wildman–Crippen MR) is 213 cm³/mol. The van der Waals surface area contributed by atoms with Gasteiger partial charge in [0.15, 0.2) is 0 Å². The molecule has 0 radical (unpaired) electrons. The first-order chi connectivity index (χ1) is 24.6.